The number of hydrogen-bond donors (Lipinski definition) is 9. The first-order valence-electron chi connectivity index (χ1n) is 25.4. The van der Waals surface area contributed by atoms with Crippen molar-refractivity contribution in [2.45, 2.75) is 127 Å². The Morgan fingerprint density at radius 2 is 1.47 bits per heavy atom. The summed E-state index contributed by atoms with van der Waals surface area (Å²) < 4.78 is 0. The van der Waals surface area contributed by atoms with Crippen LogP contribution in [-0.4, -0.2) is 112 Å². The van der Waals surface area contributed by atoms with Crippen LogP contribution < -0.4 is 43.0 Å². The van der Waals surface area contributed by atoms with Crippen LogP contribution >= 0.6 is 0 Å². The normalized spacial score (nSPS) is 22.3. The highest BCUT2D eigenvalue weighted by Gasteiger charge is 2.41. The molecule has 4 aromatic carbocycles. The molecule has 0 unspecified atom stereocenters. The number of H-pyrrole nitrogens is 1. The van der Waals surface area contributed by atoms with Crippen LogP contribution in [0.25, 0.3) is 21.7 Å². The van der Waals surface area contributed by atoms with Crippen molar-refractivity contribution < 1.29 is 43.2 Å². The van der Waals surface area contributed by atoms with Crippen LogP contribution in [0.5, 0.6) is 0 Å². The highest BCUT2D eigenvalue weighted by Crippen LogP contribution is 2.25. The average molecular weight is 1010 g/mol. The van der Waals surface area contributed by atoms with E-state index in [0.29, 0.717) is 48.8 Å². The van der Waals surface area contributed by atoms with E-state index in [1.807, 2.05) is 73.7 Å². The number of fused-ring (bicyclic) bond motifs is 3. The lowest BCUT2D eigenvalue weighted by atomic mass is 9.99. The molecule has 7 rings (SSSR count). The van der Waals surface area contributed by atoms with Crippen molar-refractivity contribution in [3.05, 3.63) is 120 Å². The molecule has 2 aliphatic heterocycles. The zero-order chi connectivity index (χ0) is 52.7. The van der Waals surface area contributed by atoms with Gasteiger partial charge in [-0.25, -0.2) is 0 Å². The van der Waals surface area contributed by atoms with Gasteiger partial charge in [0.25, 0.3) is 0 Å². The van der Waals surface area contributed by atoms with Gasteiger partial charge in [-0.15, -0.1) is 0 Å². The second-order valence-electron chi connectivity index (χ2n) is 19.1. The largest absolute Gasteiger partial charge is 0.368 e. The fourth-order valence-electron chi connectivity index (χ4n) is 9.67. The summed E-state index contributed by atoms with van der Waals surface area (Å²) in [6.45, 7) is 3.40. The number of nitrogens with two attached hydrogens (primary N) is 1. The Labute approximate surface area is 429 Å². The van der Waals surface area contributed by atoms with Gasteiger partial charge in [-0.3, -0.25) is 43.2 Å². The van der Waals surface area contributed by atoms with E-state index in [9.17, 15) is 38.4 Å². The van der Waals surface area contributed by atoms with Gasteiger partial charge < -0.3 is 52.8 Å². The highest BCUT2D eigenvalue weighted by atomic mass is 16.2. The van der Waals surface area contributed by atoms with E-state index in [4.69, 9.17) is 5.73 Å². The summed E-state index contributed by atoms with van der Waals surface area (Å²) in [4.78, 5) is 131. The molecule has 0 saturated carbocycles. The number of para-hydroxylation sites is 1. The predicted octanol–water partition coefficient (Wildman–Crippen LogP) is 2.76. The Morgan fingerprint density at radius 3 is 2.23 bits per heavy atom. The maximum atomic E-state index is 15.2. The minimum Gasteiger partial charge on any atom is -0.368 e. The number of nitrogens with zero attached hydrogens (tertiary/aromatic N) is 1. The minimum absolute atomic E-state index is 0.0150. The van der Waals surface area contributed by atoms with Crippen molar-refractivity contribution in [1.82, 2.24) is 47.1 Å². The first-order valence-corrected chi connectivity index (χ1v) is 25.4. The predicted molar refractivity (Wildman–Crippen MR) is 277 cm³/mol. The summed E-state index contributed by atoms with van der Waals surface area (Å²) in [7, 11) is 0. The molecular formula is C55H66N10O9. The monoisotopic (exact) mass is 1010 g/mol. The molecule has 0 aliphatic carbocycles. The van der Waals surface area contributed by atoms with Gasteiger partial charge in [0.2, 0.25) is 53.2 Å². The van der Waals surface area contributed by atoms with E-state index in [2.05, 4.69) is 42.2 Å². The molecule has 2 saturated heterocycles. The number of aromatic amines is 1. The third-order valence-corrected chi connectivity index (χ3v) is 13.6. The van der Waals surface area contributed by atoms with Gasteiger partial charge in [0, 0.05) is 50.0 Å². The Kier molecular flexibility index (Phi) is 18.5. The third-order valence-electron chi connectivity index (χ3n) is 13.6. The van der Waals surface area contributed by atoms with E-state index in [0.717, 1.165) is 21.7 Å². The second-order valence-corrected chi connectivity index (χ2v) is 19.1. The molecule has 74 heavy (non-hydrogen) atoms. The molecule has 5 aromatic rings. The SMILES string of the molecule is CCCC[C@H](NC(C)=O)C(=O)N[C@H]1CC(=O)NCCCC[C@@H](C(N)=O)NC(=O)[C@H](Cc2c[nH]c3ccccc23)NC(=O)[C@@H]2CCCN2C(=O)[C@@H](Cc2ccc3ccccc3c2)NC(=O)[C@H](c2ccccc2)NC1=O. The molecule has 7 atom stereocenters. The molecule has 0 bridgehead atoms. The molecule has 9 amide bonds. The first kappa shape index (κ1) is 53.7. The van der Waals surface area contributed by atoms with Crippen LogP contribution in [0.4, 0.5) is 0 Å². The Morgan fingerprint density at radius 1 is 0.743 bits per heavy atom. The number of benzene rings is 4. The summed E-state index contributed by atoms with van der Waals surface area (Å²) >= 11 is 0. The molecule has 19 nitrogen and oxygen atoms in total. The summed E-state index contributed by atoms with van der Waals surface area (Å²) in [5.74, 6) is -6.21. The fourth-order valence-corrected chi connectivity index (χ4v) is 9.67. The van der Waals surface area contributed by atoms with Gasteiger partial charge in [-0.1, -0.05) is 111 Å². The standard InChI is InChI=1S/C55H66N10O9/c1-3-4-20-42(59-33(2)66)50(69)61-44-31-47(67)57-26-13-12-22-41(49(56)68)60-51(70)43(30-38-32-58-40-21-11-10-19-39(38)40)62-53(72)46-23-14-27-65(46)55(74)45(29-34-24-25-35-15-8-9-18-37(35)28-34)63-54(73)48(64-52(44)71)36-16-6-5-7-17-36/h5-11,15-19,21,24-25,28,32,41-46,48,58H,3-4,12-14,20,22-23,26-27,29-31H2,1-2H3,(H2,56,68)(H,57,67)(H,59,66)(H,60,70)(H,61,69)(H,62,72)(H,63,73)(H,64,71)/t41-,42-,43-,44-,45+,46-,48-/m0/s1. The lowest BCUT2D eigenvalue weighted by Crippen LogP contribution is -2.59. The highest BCUT2D eigenvalue weighted by molar-refractivity contribution is 5.99. The zero-order valence-corrected chi connectivity index (χ0v) is 41.7. The van der Waals surface area contributed by atoms with Gasteiger partial charge in [-0.05, 0) is 72.1 Å². The number of primary amides is 1. The number of hydrogen-bond acceptors (Lipinski definition) is 9. The summed E-state index contributed by atoms with van der Waals surface area (Å²) in [5, 5.41) is 22.0. The van der Waals surface area contributed by atoms with Gasteiger partial charge in [0.15, 0.2) is 0 Å². The van der Waals surface area contributed by atoms with Gasteiger partial charge in [0.05, 0.1) is 6.42 Å². The summed E-state index contributed by atoms with van der Waals surface area (Å²) in [6, 6.07) is 20.3. The van der Waals surface area contributed by atoms with Crippen LogP contribution in [0.2, 0.25) is 0 Å². The average Bonchev–Trinajstić information content (AvgIpc) is 4.05. The Balaban J connectivity index is 1.26. The number of nitrogens with one attached hydrogen (secondary N) is 8. The van der Waals surface area contributed by atoms with E-state index in [-0.39, 0.29) is 45.2 Å². The first-order chi connectivity index (χ1) is 35.7. The summed E-state index contributed by atoms with van der Waals surface area (Å²) in [6.07, 6.45) is 4.05. The van der Waals surface area contributed by atoms with E-state index < -0.39 is 102 Å². The van der Waals surface area contributed by atoms with Crippen LogP contribution in [0.3, 0.4) is 0 Å². The quantitative estimate of drug-likeness (QED) is 0.0888. The lowest BCUT2D eigenvalue weighted by molar-refractivity contribution is -0.142. The molecule has 2 fully saturated rings. The molecule has 0 radical (unpaired) electrons. The number of amides is 9. The molecule has 0 spiro atoms. The van der Waals surface area contributed by atoms with Crippen LogP contribution in [0.1, 0.15) is 94.4 Å². The van der Waals surface area contributed by atoms with Crippen LogP contribution in [0.15, 0.2) is 103 Å². The second kappa shape index (κ2) is 25.5. The Hall–Kier alpha value is -8.09. The molecule has 2 aliphatic rings. The molecule has 1 aromatic heterocycles. The number of aromatic nitrogens is 1. The molecular weight excluding hydrogens is 945 g/mol. The molecule has 19 heteroatoms. The minimum atomic E-state index is -1.55. The summed E-state index contributed by atoms with van der Waals surface area (Å²) in [5.41, 5.74) is 8.35. The third kappa shape index (κ3) is 14.1. The molecule has 390 valence electrons. The number of carbonyl (C=O) groups excluding carboxylic acids is 9. The number of unbranched alkanes of at least 4 members (excludes halogenated alkanes) is 1. The van der Waals surface area contributed by atoms with Gasteiger partial charge >= 0.3 is 0 Å². The lowest BCUT2D eigenvalue weighted by Gasteiger charge is -2.31. The van der Waals surface area contributed by atoms with Crippen molar-refractivity contribution in [1.29, 1.82) is 0 Å². The molecule has 10 N–H and O–H groups in total. The molecule has 3 heterocycles. The van der Waals surface area contributed by atoms with E-state index in [1.54, 1.807) is 36.5 Å². The maximum absolute atomic E-state index is 15.2. The topological polar surface area (TPSA) is 283 Å². The van der Waals surface area contributed by atoms with Crippen molar-refractivity contribution in [2.75, 3.05) is 13.1 Å². The Bertz CT molecular complexity index is 2850. The van der Waals surface area contributed by atoms with Gasteiger partial charge in [0.1, 0.15) is 42.3 Å². The maximum Gasteiger partial charge on any atom is 0.247 e. The van der Waals surface area contributed by atoms with E-state index in [1.165, 1.54) is 11.8 Å². The smallest absolute Gasteiger partial charge is 0.247 e. The number of rotatable bonds is 12. The van der Waals surface area contributed by atoms with Crippen molar-refractivity contribution in [3.8, 4) is 0 Å². The van der Waals surface area contributed by atoms with Crippen molar-refractivity contribution >= 4 is 74.8 Å². The van der Waals surface area contributed by atoms with Crippen LogP contribution in [-0.2, 0) is 56.0 Å². The number of carbonyl (C=O) groups is 9. The van der Waals surface area contributed by atoms with Crippen molar-refractivity contribution in [2.24, 2.45) is 5.73 Å². The van der Waals surface area contributed by atoms with Crippen molar-refractivity contribution in [3.63, 3.8) is 0 Å². The van der Waals surface area contributed by atoms with Gasteiger partial charge in [-0.2, -0.15) is 0 Å². The van der Waals surface area contributed by atoms with Crippen LogP contribution in [0, 0.1) is 0 Å². The fraction of sp³-hybridized carbons (Fsp3) is 0.400. The zero-order valence-electron chi connectivity index (χ0n) is 41.7. The van der Waals surface area contributed by atoms with E-state index >= 15 is 4.79 Å².